The number of aliphatic hydroxyl groups is 1. The van der Waals surface area contributed by atoms with Gasteiger partial charge in [-0.05, 0) is 43.6 Å². The van der Waals surface area contributed by atoms with Gasteiger partial charge in [-0.15, -0.1) is 11.3 Å². The Morgan fingerprint density at radius 1 is 1.29 bits per heavy atom. The van der Waals surface area contributed by atoms with Gasteiger partial charge in [0.1, 0.15) is 0 Å². The van der Waals surface area contributed by atoms with Crippen molar-refractivity contribution in [3.63, 3.8) is 0 Å². The molecule has 4 heteroatoms. The summed E-state index contributed by atoms with van der Waals surface area (Å²) in [5.74, 6) is 0.753. The minimum atomic E-state index is -0.383. The summed E-state index contributed by atoms with van der Waals surface area (Å²) in [7, 11) is 0. The molecule has 1 aromatic heterocycles. The van der Waals surface area contributed by atoms with Crippen LogP contribution in [0.1, 0.15) is 66.2 Å². The van der Waals surface area contributed by atoms with Crippen molar-refractivity contribution in [1.82, 2.24) is 5.32 Å². The van der Waals surface area contributed by atoms with Gasteiger partial charge in [0, 0.05) is 10.3 Å². The van der Waals surface area contributed by atoms with Gasteiger partial charge in [-0.1, -0.05) is 26.2 Å². The van der Waals surface area contributed by atoms with Crippen LogP contribution < -0.4 is 5.32 Å². The molecule has 21 heavy (non-hydrogen) atoms. The Kier molecular flexibility index (Phi) is 4.65. The van der Waals surface area contributed by atoms with E-state index in [1.54, 1.807) is 11.3 Å². The number of rotatable bonds is 2. The second-order valence-corrected chi connectivity index (χ2v) is 7.65. The van der Waals surface area contributed by atoms with E-state index >= 15 is 0 Å². The number of thiophene rings is 1. The van der Waals surface area contributed by atoms with Crippen molar-refractivity contribution in [2.24, 2.45) is 5.92 Å². The summed E-state index contributed by atoms with van der Waals surface area (Å²) < 4.78 is 0. The summed E-state index contributed by atoms with van der Waals surface area (Å²) in [4.78, 5) is 14.0. The van der Waals surface area contributed by atoms with Crippen LogP contribution in [0.25, 0.3) is 0 Å². The Hall–Kier alpha value is -0.870. The van der Waals surface area contributed by atoms with E-state index in [1.165, 1.54) is 16.9 Å². The normalized spacial score (nSPS) is 29.5. The van der Waals surface area contributed by atoms with Gasteiger partial charge in [0.25, 0.3) is 5.91 Å². The predicted molar refractivity (Wildman–Crippen MR) is 85.9 cm³/mol. The summed E-state index contributed by atoms with van der Waals surface area (Å²) in [6.45, 7) is 2.28. The van der Waals surface area contributed by atoms with Crippen LogP contribution in [-0.2, 0) is 12.8 Å². The second kappa shape index (κ2) is 6.49. The van der Waals surface area contributed by atoms with Crippen LogP contribution in [0.15, 0.2) is 5.38 Å². The molecule has 0 bridgehead atoms. The molecule has 1 amide bonds. The van der Waals surface area contributed by atoms with Crippen molar-refractivity contribution in [3.05, 3.63) is 21.4 Å². The molecule has 1 heterocycles. The largest absolute Gasteiger partial charge is 0.391 e. The molecule has 3 nitrogen and oxygen atoms in total. The zero-order valence-electron chi connectivity index (χ0n) is 12.7. The van der Waals surface area contributed by atoms with E-state index in [9.17, 15) is 9.90 Å². The number of amides is 1. The maximum atomic E-state index is 12.6. The summed E-state index contributed by atoms with van der Waals surface area (Å²) in [5, 5.41) is 15.3. The molecule has 0 saturated heterocycles. The van der Waals surface area contributed by atoms with Crippen LogP contribution in [0.2, 0.25) is 0 Å². The molecule has 1 aromatic rings. The number of carbonyl (C=O) groups excluding carboxylic acids is 1. The molecule has 0 spiro atoms. The Morgan fingerprint density at radius 3 is 2.95 bits per heavy atom. The first-order chi connectivity index (χ1) is 10.1. The van der Waals surface area contributed by atoms with Crippen molar-refractivity contribution in [1.29, 1.82) is 0 Å². The van der Waals surface area contributed by atoms with Gasteiger partial charge in [-0.3, -0.25) is 4.79 Å². The fourth-order valence-electron chi connectivity index (χ4n) is 3.57. The van der Waals surface area contributed by atoms with Gasteiger partial charge in [0.2, 0.25) is 0 Å². The fourth-order valence-corrected chi connectivity index (χ4v) is 4.81. The zero-order valence-corrected chi connectivity index (χ0v) is 13.5. The fraction of sp³-hybridized carbons (Fsp3) is 0.706. The van der Waals surface area contributed by atoms with Crippen molar-refractivity contribution in [2.75, 3.05) is 0 Å². The molecule has 2 N–H and O–H groups in total. The average molecular weight is 307 g/mol. The molecule has 3 atom stereocenters. The SMILES string of the molecule is CC1CCc2c(C(=O)NC3CCCCCC3O)csc2C1. The molecule has 3 rings (SSSR count). The smallest absolute Gasteiger partial charge is 0.252 e. The lowest BCUT2D eigenvalue weighted by Crippen LogP contribution is -2.42. The van der Waals surface area contributed by atoms with E-state index in [0.29, 0.717) is 0 Å². The molecular weight excluding hydrogens is 282 g/mol. The van der Waals surface area contributed by atoms with E-state index in [1.807, 2.05) is 5.38 Å². The third kappa shape index (κ3) is 3.32. The minimum absolute atomic E-state index is 0.0213. The van der Waals surface area contributed by atoms with E-state index in [0.717, 1.165) is 56.4 Å². The van der Waals surface area contributed by atoms with Crippen LogP contribution in [0.3, 0.4) is 0 Å². The third-order valence-corrected chi connectivity index (χ3v) is 5.99. The molecule has 1 fully saturated rings. The molecule has 1 saturated carbocycles. The van der Waals surface area contributed by atoms with Gasteiger partial charge in [-0.25, -0.2) is 0 Å². The monoisotopic (exact) mass is 307 g/mol. The number of carbonyl (C=O) groups is 1. The molecule has 0 radical (unpaired) electrons. The van der Waals surface area contributed by atoms with E-state index < -0.39 is 0 Å². The highest BCUT2D eigenvalue weighted by Crippen LogP contribution is 2.33. The number of aliphatic hydroxyl groups excluding tert-OH is 1. The second-order valence-electron chi connectivity index (χ2n) is 6.68. The number of fused-ring (bicyclic) bond motifs is 1. The quantitative estimate of drug-likeness (QED) is 0.824. The topological polar surface area (TPSA) is 49.3 Å². The van der Waals surface area contributed by atoms with Crippen molar-refractivity contribution in [2.45, 2.75) is 70.4 Å². The average Bonchev–Trinajstić information content (AvgIpc) is 2.77. The predicted octanol–water partition coefficient (Wildman–Crippen LogP) is 3.30. The van der Waals surface area contributed by atoms with E-state index in [4.69, 9.17) is 0 Å². The minimum Gasteiger partial charge on any atom is -0.391 e. The van der Waals surface area contributed by atoms with Crippen LogP contribution in [0.4, 0.5) is 0 Å². The number of hydrogen-bond acceptors (Lipinski definition) is 3. The molecule has 2 aliphatic rings. The molecule has 0 aromatic carbocycles. The molecule has 3 unspecified atom stereocenters. The number of nitrogens with one attached hydrogen (secondary N) is 1. The first kappa shape index (κ1) is 15.0. The van der Waals surface area contributed by atoms with Crippen molar-refractivity contribution < 1.29 is 9.90 Å². The Morgan fingerprint density at radius 2 is 2.10 bits per heavy atom. The molecule has 0 aliphatic heterocycles. The maximum Gasteiger partial charge on any atom is 0.252 e. The van der Waals surface area contributed by atoms with Gasteiger partial charge in [0.05, 0.1) is 17.7 Å². The standard InChI is InChI=1S/C17H25NO2S/c1-11-7-8-12-13(10-21-16(12)9-11)17(20)18-14-5-3-2-4-6-15(14)19/h10-11,14-15,19H,2-9H2,1H3,(H,18,20). The first-order valence-corrected chi connectivity index (χ1v) is 9.11. The Balaban J connectivity index is 1.71. The van der Waals surface area contributed by atoms with Crippen LogP contribution in [0.5, 0.6) is 0 Å². The summed E-state index contributed by atoms with van der Waals surface area (Å²) in [6, 6.07) is -0.0712. The highest BCUT2D eigenvalue weighted by Gasteiger charge is 2.27. The lowest BCUT2D eigenvalue weighted by atomic mass is 9.88. The maximum absolute atomic E-state index is 12.6. The molecule has 2 aliphatic carbocycles. The first-order valence-electron chi connectivity index (χ1n) is 8.23. The summed E-state index contributed by atoms with van der Waals surface area (Å²) in [6.07, 6.45) is 7.97. The lowest BCUT2D eigenvalue weighted by Gasteiger charge is -2.23. The van der Waals surface area contributed by atoms with Gasteiger partial charge in [-0.2, -0.15) is 0 Å². The van der Waals surface area contributed by atoms with E-state index in [-0.39, 0.29) is 18.1 Å². The van der Waals surface area contributed by atoms with Gasteiger partial charge >= 0.3 is 0 Å². The Bertz CT molecular complexity index is 511. The van der Waals surface area contributed by atoms with Crippen LogP contribution in [0, 0.1) is 5.92 Å². The summed E-state index contributed by atoms with van der Waals surface area (Å²) in [5.41, 5.74) is 2.12. The van der Waals surface area contributed by atoms with E-state index in [2.05, 4.69) is 12.2 Å². The zero-order chi connectivity index (χ0) is 14.8. The van der Waals surface area contributed by atoms with Crippen LogP contribution >= 0.6 is 11.3 Å². The third-order valence-electron chi connectivity index (χ3n) is 4.94. The highest BCUT2D eigenvalue weighted by atomic mass is 32.1. The molecular formula is C17H25NO2S. The summed E-state index contributed by atoms with van der Waals surface area (Å²) >= 11 is 1.73. The number of hydrogen-bond donors (Lipinski definition) is 2. The van der Waals surface area contributed by atoms with Crippen molar-refractivity contribution in [3.8, 4) is 0 Å². The Labute approximate surface area is 130 Å². The van der Waals surface area contributed by atoms with Crippen molar-refractivity contribution >= 4 is 17.2 Å². The highest BCUT2D eigenvalue weighted by molar-refractivity contribution is 7.10. The van der Waals surface area contributed by atoms with Gasteiger partial charge < -0.3 is 10.4 Å². The van der Waals surface area contributed by atoms with Gasteiger partial charge in [0.15, 0.2) is 0 Å². The molecule has 116 valence electrons. The van der Waals surface area contributed by atoms with Crippen LogP contribution in [-0.4, -0.2) is 23.2 Å². The lowest BCUT2D eigenvalue weighted by molar-refractivity contribution is 0.0818.